The highest BCUT2D eigenvalue weighted by Gasteiger charge is 2.42. The van der Waals surface area contributed by atoms with Crippen molar-refractivity contribution in [2.24, 2.45) is 0 Å². The molecule has 6 heteroatoms. The summed E-state index contributed by atoms with van der Waals surface area (Å²) in [7, 11) is 0. The van der Waals surface area contributed by atoms with Crippen LogP contribution in [0.5, 0.6) is 0 Å². The van der Waals surface area contributed by atoms with Gasteiger partial charge < -0.3 is 10.1 Å². The van der Waals surface area contributed by atoms with Gasteiger partial charge in [-0.25, -0.2) is 8.78 Å². The Labute approximate surface area is 134 Å². The molecule has 1 aromatic carbocycles. The number of alkyl halides is 2. The lowest BCUT2D eigenvalue weighted by Crippen LogP contribution is -2.35. The first-order valence-corrected chi connectivity index (χ1v) is 8.14. The molecule has 1 heterocycles. The van der Waals surface area contributed by atoms with Crippen LogP contribution in [0.1, 0.15) is 37.7 Å². The summed E-state index contributed by atoms with van der Waals surface area (Å²) in [6, 6.07) is 6.49. The van der Waals surface area contributed by atoms with Crippen LogP contribution in [-0.4, -0.2) is 30.5 Å². The third kappa shape index (κ3) is 4.48. The van der Waals surface area contributed by atoms with Crippen LogP contribution in [0.15, 0.2) is 24.3 Å². The average molecular weight is 324 g/mol. The molecule has 2 fully saturated rings. The van der Waals surface area contributed by atoms with Gasteiger partial charge in [-0.05, 0) is 30.5 Å². The zero-order chi connectivity index (χ0) is 16.3. The number of hydrogen-bond acceptors (Lipinski definition) is 3. The number of benzene rings is 1. The summed E-state index contributed by atoms with van der Waals surface area (Å²) in [6.07, 6.45) is 4.66. The van der Waals surface area contributed by atoms with Crippen molar-refractivity contribution < 1.29 is 18.3 Å². The molecule has 1 aromatic rings. The lowest BCUT2D eigenvalue weighted by molar-refractivity contribution is -0.118. The van der Waals surface area contributed by atoms with E-state index in [4.69, 9.17) is 4.74 Å². The Kier molecular flexibility index (Phi) is 4.92. The monoisotopic (exact) mass is 324 g/mol. The van der Waals surface area contributed by atoms with Crippen molar-refractivity contribution in [3.05, 3.63) is 29.8 Å². The van der Waals surface area contributed by atoms with Crippen LogP contribution in [0.3, 0.4) is 0 Å². The Bertz CT molecular complexity index is 542. The van der Waals surface area contributed by atoms with Crippen molar-refractivity contribution in [3.63, 3.8) is 0 Å². The molecule has 0 aromatic heterocycles. The quantitative estimate of drug-likeness (QED) is 0.875. The normalized spacial score (nSPS) is 24.0. The summed E-state index contributed by atoms with van der Waals surface area (Å²) in [5.41, 5.74) is 1.65. The Morgan fingerprint density at radius 2 is 1.96 bits per heavy atom. The fourth-order valence-corrected chi connectivity index (χ4v) is 3.08. The molecule has 3 rings (SSSR count). The van der Waals surface area contributed by atoms with Crippen LogP contribution < -0.4 is 10.6 Å². The molecule has 2 N–H and O–H groups in total. The van der Waals surface area contributed by atoms with Crippen LogP contribution in [0.4, 0.5) is 14.5 Å². The molecule has 1 atom stereocenters. The number of carbonyl (C=O) groups excluding carboxylic acids is 1. The van der Waals surface area contributed by atoms with Gasteiger partial charge in [0.1, 0.15) is 0 Å². The minimum Gasteiger partial charge on any atom is -0.374 e. The van der Waals surface area contributed by atoms with Gasteiger partial charge in [-0.2, -0.15) is 0 Å². The second-order valence-corrected chi connectivity index (χ2v) is 6.40. The van der Waals surface area contributed by atoms with Gasteiger partial charge in [-0.3, -0.25) is 10.1 Å². The number of hydrogen-bond donors (Lipinski definition) is 2. The maximum absolute atomic E-state index is 13.1. The third-order valence-corrected chi connectivity index (χ3v) is 4.44. The Morgan fingerprint density at radius 3 is 2.57 bits per heavy atom. The lowest BCUT2D eigenvalue weighted by atomic mass is 10.1. The Balaban J connectivity index is 1.48. The van der Waals surface area contributed by atoms with Gasteiger partial charge in [0.05, 0.1) is 25.3 Å². The van der Waals surface area contributed by atoms with Gasteiger partial charge in [0.2, 0.25) is 5.91 Å². The number of ether oxygens (including phenoxy) is 1. The van der Waals surface area contributed by atoms with Crippen molar-refractivity contribution in [1.29, 1.82) is 0 Å². The molecule has 1 amide bonds. The fourth-order valence-electron chi connectivity index (χ4n) is 3.08. The van der Waals surface area contributed by atoms with Crippen molar-refractivity contribution in [1.82, 2.24) is 5.32 Å². The Hall–Kier alpha value is -1.53. The number of amides is 1. The van der Waals surface area contributed by atoms with Crippen molar-refractivity contribution in [2.45, 2.75) is 56.8 Å². The Morgan fingerprint density at radius 1 is 1.26 bits per heavy atom. The highest BCUT2D eigenvalue weighted by Crippen LogP contribution is 2.26. The van der Waals surface area contributed by atoms with E-state index in [1.54, 1.807) is 12.1 Å². The summed E-state index contributed by atoms with van der Waals surface area (Å²) in [6.45, 7) is 0.123. The summed E-state index contributed by atoms with van der Waals surface area (Å²) >= 11 is 0. The van der Waals surface area contributed by atoms with Crippen molar-refractivity contribution >= 4 is 11.6 Å². The number of halogens is 2. The minimum absolute atomic E-state index is 0.365. The first kappa shape index (κ1) is 16.3. The van der Waals surface area contributed by atoms with Crippen LogP contribution in [-0.2, 0) is 16.1 Å². The highest BCUT2D eigenvalue weighted by molar-refractivity contribution is 5.95. The van der Waals surface area contributed by atoms with E-state index in [0.717, 1.165) is 18.4 Å². The number of anilines is 1. The summed E-state index contributed by atoms with van der Waals surface area (Å²) in [4.78, 5) is 12.0. The van der Waals surface area contributed by atoms with Crippen molar-refractivity contribution in [2.75, 3.05) is 11.9 Å². The zero-order valence-corrected chi connectivity index (χ0v) is 13.0. The second kappa shape index (κ2) is 6.93. The summed E-state index contributed by atoms with van der Waals surface area (Å²) < 4.78 is 32.0. The molecular weight excluding hydrogens is 302 g/mol. The zero-order valence-electron chi connectivity index (χ0n) is 13.0. The molecule has 4 nitrogen and oxygen atoms in total. The van der Waals surface area contributed by atoms with E-state index >= 15 is 0 Å². The lowest BCUT2D eigenvalue weighted by Gasteiger charge is -2.13. The highest BCUT2D eigenvalue weighted by atomic mass is 19.3. The van der Waals surface area contributed by atoms with Gasteiger partial charge in [-0.1, -0.05) is 25.0 Å². The van der Waals surface area contributed by atoms with Gasteiger partial charge in [-0.15, -0.1) is 0 Å². The third-order valence-electron chi connectivity index (χ3n) is 4.44. The fraction of sp³-hybridized carbons (Fsp3) is 0.588. The molecule has 1 saturated heterocycles. The van der Waals surface area contributed by atoms with Gasteiger partial charge in [0.15, 0.2) is 0 Å². The molecular formula is C17H22F2N2O2. The molecule has 126 valence electrons. The van der Waals surface area contributed by atoms with Crippen LogP contribution in [0.25, 0.3) is 0 Å². The van der Waals surface area contributed by atoms with Gasteiger partial charge in [0.25, 0.3) is 5.92 Å². The smallest absolute Gasteiger partial charge is 0.262 e. The van der Waals surface area contributed by atoms with E-state index in [1.807, 2.05) is 12.1 Å². The molecule has 0 radical (unpaired) electrons. The number of carbonyl (C=O) groups is 1. The van der Waals surface area contributed by atoms with Crippen LogP contribution >= 0.6 is 0 Å². The molecule has 1 unspecified atom stereocenters. The predicted molar refractivity (Wildman–Crippen MR) is 83.5 cm³/mol. The second-order valence-electron chi connectivity index (χ2n) is 6.40. The van der Waals surface area contributed by atoms with E-state index in [1.165, 1.54) is 12.8 Å². The van der Waals surface area contributed by atoms with Gasteiger partial charge in [0, 0.05) is 12.1 Å². The standard InChI is InChI=1S/C17H22F2N2O2/c18-17(19)9-15(20-11-17)16(22)21-13-7-5-12(6-8-13)10-23-14-3-1-2-4-14/h5-8,14-15,20H,1-4,9-11H2,(H,21,22). The van der Waals surface area contributed by atoms with Gasteiger partial charge >= 0.3 is 0 Å². The summed E-state index contributed by atoms with van der Waals surface area (Å²) in [5, 5.41) is 5.22. The maximum Gasteiger partial charge on any atom is 0.262 e. The predicted octanol–water partition coefficient (Wildman–Crippen LogP) is 3.08. The largest absolute Gasteiger partial charge is 0.374 e. The van der Waals surface area contributed by atoms with Crippen molar-refractivity contribution in [3.8, 4) is 0 Å². The first-order valence-electron chi connectivity index (χ1n) is 8.14. The van der Waals surface area contributed by atoms with E-state index in [2.05, 4.69) is 10.6 Å². The topological polar surface area (TPSA) is 50.4 Å². The van der Waals surface area contributed by atoms with E-state index in [9.17, 15) is 13.6 Å². The van der Waals surface area contributed by atoms with E-state index < -0.39 is 30.8 Å². The first-order chi connectivity index (χ1) is 11.0. The number of nitrogens with one attached hydrogen (secondary N) is 2. The van der Waals surface area contributed by atoms with E-state index in [0.29, 0.717) is 18.4 Å². The molecule has 0 spiro atoms. The van der Waals surface area contributed by atoms with Crippen LogP contribution in [0.2, 0.25) is 0 Å². The van der Waals surface area contributed by atoms with E-state index in [-0.39, 0.29) is 0 Å². The minimum atomic E-state index is -2.80. The average Bonchev–Trinajstić information content (AvgIpc) is 3.16. The SMILES string of the molecule is O=C(Nc1ccc(COC2CCCC2)cc1)C1CC(F)(F)CN1. The maximum atomic E-state index is 13.1. The molecule has 1 saturated carbocycles. The molecule has 0 bridgehead atoms. The molecule has 1 aliphatic carbocycles. The molecule has 1 aliphatic heterocycles. The number of rotatable bonds is 5. The molecule has 2 aliphatic rings. The summed E-state index contributed by atoms with van der Waals surface area (Å²) in [5.74, 6) is -3.22. The van der Waals surface area contributed by atoms with Crippen LogP contribution in [0, 0.1) is 0 Å². The molecule has 23 heavy (non-hydrogen) atoms.